The maximum Gasteiger partial charge on any atom is 0.147 e. The second-order valence-corrected chi connectivity index (χ2v) is 6.65. The summed E-state index contributed by atoms with van der Waals surface area (Å²) < 4.78 is 6.27. The highest BCUT2D eigenvalue weighted by atomic mass is 16.5. The molecule has 0 amide bonds. The minimum atomic E-state index is -0.108. The third-order valence-electron chi connectivity index (χ3n) is 4.85. The SMILES string of the molecule is c1ccc(CN2CCO[C@]3(CCCN(c4cnccn4)C3)C2)nc1. The standard InChI is InChI=1S/C18H23N5O/c1-2-6-20-16(4-1)13-22-10-11-24-18(14-22)5-3-9-23(15-18)17-12-19-7-8-21-17/h1-2,4,6-8,12H,3,5,9-11,13-15H2/t18-/m1/s1. The Morgan fingerprint density at radius 2 is 2.08 bits per heavy atom. The second-order valence-electron chi connectivity index (χ2n) is 6.65. The fourth-order valence-electron chi connectivity index (χ4n) is 3.77. The molecule has 2 fully saturated rings. The van der Waals surface area contributed by atoms with Crippen molar-refractivity contribution in [2.75, 3.05) is 37.7 Å². The molecule has 1 spiro atoms. The van der Waals surface area contributed by atoms with Crippen molar-refractivity contribution in [2.24, 2.45) is 0 Å². The average Bonchev–Trinajstić information content (AvgIpc) is 2.63. The Morgan fingerprint density at radius 3 is 2.92 bits per heavy atom. The number of piperidine rings is 1. The van der Waals surface area contributed by atoms with E-state index in [0.717, 1.165) is 63.7 Å². The number of pyridine rings is 1. The predicted molar refractivity (Wildman–Crippen MR) is 91.7 cm³/mol. The molecule has 126 valence electrons. The third kappa shape index (κ3) is 3.39. The zero-order chi connectivity index (χ0) is 16.2. The van der Waals surface area contributed by atoms with Crippen LogP contribution in [-0.2, 0) is 11.3 Å². The molecule has 6 heteroatoms. The van der Waals surface area contributed by atoms with Gasteiger partial charge in [-0.05, 0) is 25.0 Å². The highest BCUT2D eigenvalue weighted by Crippen LogP contribution is 2.31. The number of rotatable bonds is 3. The molecule has 2 aromatic rings. The topological polar surface area (TPSA) is 54.4 Å². The molecular weight excluding hydrogens is 302 g/mol. The van der Waals surface area contributed by atoms with Crippen LogP contribution in [0, 0.1) is 0 Å². The van der Waals surface area contributed by atoms with Crippen LogP contribution in [0.5, 0.6) is 0 Å². The molecule has 2 aliphatic heterocycles. The van der Waals surface area contributed by atoms with Crippen LogP contribution in [-0.4, -0.2) is 58.2 Å². The molecule has 0 bridgehead atoms. The van der Waals surface area contributed by atoms with E-state index in [4.69, 9.17) is 4.74 Å². The van der Waals surface area contributed by atoms with Gasteiger partial charge in [0, 0.05) is 51.3 Å². The first-order chi connectivity index (χ1) is 11.8. The minimum absolute atomic E-state index is 0.108. The maximum atomic E-state index is 6.27. The van der Waals surface area contributed by atoms with Crippen LogP contribution in [0.4, 0.5) is 5.82 Å². The largest absolute Gasteiger partial charge is 0.370 e. The summed E-state index contributed by atoms with van der Waals surface area (Å²) >= 11 is 0. The van der Waals surface area contributed by atoms with Crippen molar-refractivity contribution in [3.05, 3.63) is 48.7 Å². The number of nitrogens with zero attached hydrogens (tertiary/aromatic N) is 5. The van der Waals surface area contributed by atoms with E-state index in [-0.39, 0.29) is 5.60 Å². The van der Waals surface area contributed by atoms with Crippen LogP contribution < -0.4 is 4.90 Å². The van der Waals surface area contributed by atoms with Gasteiger partial charge >= 0.3 is 0 Å². The summed E-state index contributed by atoms with van der Waals surface area (Å²) in [4.78, 5) is 17.9. The summed E-state index contributed by atoms with van der Waals surface area (Å²) in [6, 6.07) is 6.11. The molecule has 2 aromatic heterocycles. The van der Waals surface area contributed by atoms with Gasteiger partial charge in [0.1, 0.15) is 5.82 Å². The minimum Gasteiger partial charge on any atom is -0.370 e. The van der Waals surface area contributed by atoms with E-state index in [2.05, 4.69) is 36.9 Å². The van der Waals surface area contributed by atoms with E-state index in [1.54, 1.807) is 12.4 Å². The molecule has 2 saturated heterocycles. The van der Waals surface area contributed by atoms with Crippen LogP contribution >= 0.6 is 0 Å². The van der Waals surface area contributed by atoms with Gasteiger partial charge in [-0.3, -0.25) is 14.9 Å². The summed E-state index contributed by atoms with van der Waals surface area (Å²) in [6.45, 7) is 5.47. The molecule has 24 heavy (non-hydrogen) atoms. The number of hydrogen-bond acceptors (Lipinski definition) is 6. The summed E-state index contributed by atoms with van der Waals surface area (Å²) in [6.07, 6.45) is 9.40. The summed E-state index contributed by atoms with van der Waals surface area (Å²) in [5.74, 6) is 0.946. The Labute approximate surface area is 142 Å². The van der Waals surface area contributed by atoms with Crippen molar-refractivity contribution < 1.29 is 4.74 Å². The van der Waals surface area contributed by atoms with E-state index in [0.29, 0.717) is 0 Å². The lowest BCUT2D eigenvalue weighted by molar-refractivity contribution is -0.116. The van der Waals surface area contributed by atoms with Gasteiger partial charge in [-0.2, -0.15) is 0 Å². The lowest BCUT2D eigenvalue weighted by atomic mass is 9.90. The molecular formula is C18H23N5O. The predicted octanol–water partition coefficient (Wildman–Crippen LogP) is 1.74. The summed E-state index contributed by atoms with van der Waals surface area (Å²) in [5.41, 5.74) is 1.01. The number of anilines is 1. The third-order valence-corrected chi connectivity index (χ3v) is 4.85. The van der Waals surface area contributed by atoms with Crippen LogP contribution in [0.3, 0.4) is 0 Å². The van der Waals surface area contributed by atoms with Crippen molar-refractivity contribution in [2.45, 2.75) is 25.0 Å². The quantitative estimate of drug-likeness (QED) is 0.857. The van der Waals surface area contributed by atoms with Crippen molar-refractivity contribution in [1.82, 2.24) is 19.9 Å². The van der Waals surface area contributed by atoms with E-state index in [9.17, 15) is 0 Å². The van der Waals surface area contributed by atoms with Gasteiger partial charge in [0.2, 0.25) is 0 Å². The average molecular weight is 325 g/mol. The molecule has 4 rings (SSSR count). The number of hydrogen-bond donors (Lipinski definition) is 0. The van der Waals surface area contributed by atoms with Gasteiger partial charge < -0.3 is 9.64 Å². The molecule has 2 aliphatic rings. The van der Waals surface area contributed by atoms with Crippen molar-refractivity contribution in [3.63, 3.8) is 0 Å². The molecule has 0 aromatic carbocycles. The van der Waals surface area contributed by atoms with Gasteiger partial charge in [-0.15, -0.1) is 0 Å². The molecule has 0 unspecified atom stereocenters. The Kier molecular flexibility index (Phi) is 4.40. The first kappa shape index (κ1) is 15.5. The summed E-state index contributed by atoms with van der Waals surface area (Å²) in [7, 11) is 0. The van der Waals surface area contributed by atoms with Crippen LogP contribution in [0.15, 0.2) is 43.0 Å². The Bertz CT molecular complexity index is 649. The fourth-order valence-corrected chi connectivity index (χ4v) is 3.77. The van der Waals surface area contributed by atoms with Crippen molar-refractivity contribution in [1.29, 1.82) is 0 Å². The molecule has 0 radical (unpaired) electrons. The van der Waals surface area contributed by atoms with Gasteiger partial charge in [0.15, 0.2) is 0 Å². The molecule has 0 aliphatic carbocycles. The zero-order valence-corrected chi connectivity index (χ0v) is 13.8. The lowest BCUT2D eigenvalue weighted by Gasteiger charge is -2.48. The van der Waals surface area contributed by atoms with E-state index < -0.39 is 0 Å². The maximum absolute atomic E-state index is 6.27. The summed E-state index contributed by atoms with van der Waals surface area (Å²) in [5, 5.41) is 0. The molecule has 6 nitrogen and oxygen atoms in total. The molecule has 1 atom stereocenters. The van der Waals surface area contributed by atoms with E-state index in [1.165, 1.54) is 0 Å². The second kappa shape index (κ2) is 6.83. The Balaban J connectivity index is 1.45. The zero-order valence-electron chi connectivity index (χ0n) is 13.8. The number of ether oxygens (including phenoxy) is 1. The molecule has 4 heterocycles. The van der Waals surface area contributed by atoms with E-state index >= 15 is 0 Å². The van der Waals surface area contributed by atoms with Gasteiger partial charge in [-0.1, -0.05) is 6.07 Å². The highest BCUT2D eigenvalue weighted by Gasteiger charge is 2.40. The Morgan fingerprint density at radius 1 is 1.08 bits per heavy atom. The molecule has 0 N–H and O–H groups in total. The van der Waals surface area contributed by atoms with Gasteiger partial charge in [0.05, 0.1) is 24.1 Å². The molecule has 0 saturated carbocycles. The van der Waals surface area contributed by atoms with Gasteiger partial charge in [0.25, 0.3) is 0 Å². The van der Waals surface area contributed by atoms with Crippen molar-refractivity contribution >= 4 is 5.82 Å². The fraction of sp³-hybridized carbons (Fsp3) is 0.500. The lowest BCUT2D eigenvalue weighted by Crippen LogP contribution is -2.59. The van der Waals surface area contributed by atoms with Crippen LogP contribution in [0.2, 0.25) is 0 Å². The van der Waals surface area contributed by atoms with Crippen LogP contribution in [0.25, 0.3) is 0 Å². The normalized spacial score (nSPS) is 25.1. The van der Waals surface area contributed by atoms with Crippen LogP contribution in [0.1, 0.15) is 18.5 Å². The smallest absolute Gasteiger partial charge is 0.147 e. The Hall–Kier alpha value is -2.05. The first-order valence-corrected chi connectivity index (χ1v) is 8.60. The number of morpholine rings is 1. The van der Waals surface area contributed by atoms with Crippen molar-refractivity contribution in [3.8, 4) is 0 Å². The monoisotopic (exact) mass is 325 g/mol. The van der Waals surface area contributed by atoms with E-state index in [1.807, 2.05) is 18.5 Å². The van der Waals surface area contributed by atoms with Gasteiger partial charge in [-0.25, -0.2) is 4.98 Å². The number of aromatic nitrogens is 3. The first-order valence-electron chi connectivity index (χ1n) is 8.60. The highest BCUT2D eigenvalue weighted by molar-refractivity contribution is 5.36.